The molecule has 0 radical (unpaired) electrons. The predicted octanol–water partition coefficient (Wildman–Crippen LogP) is 2.77. The molecule has 1 aromatic heterocycles. The Hall–Kier alpha value is -1.99. The first-order valence-electron chi connectivity index (χ1n) is 8.76. The largest absolute Gasteiger partial charge is 0.378 e. The second-order valence-corrected chi connectivity index (χ2v) is 8.05. The highest BCUT2D eigenvalue weighted by Gasteiger charge is 2.58. The highest BCUT2D eigenvalue weighted by Crippen LogP contribution is 2.51. The van der Waals surface area contributed by atoms with Gasteiger partial charge in [-0.2, -0.15) is 0 Å². The van der Waals surface area contributed by atoms with Gasteiger partial charge in [0.15, 0.2) is 4.77 Å². The van der Waals surface area contributed by atoms with Crippen LogP contribution in [0.25, 0.3) is 10.9 Å². The van der Waals surface area contributed by atoms with Crippen LogP contribution in [0.2, 0.25) is 0 Å². The van der Waals surface area contributed by atoms with E-state index < -0.39 is 0 Å². The van der Waals surface area contributed by atoms with Crippen LogP contribution in [0.3, 0.4) is 0 Å². The number of aromatic nitrogens is 2. The fourth-order valence-corrected chi connectivity index (χ4v) is 3.89. The zero-order valence-electron chi connectivity index (χ0n) is 15.6. The number of carbonyl (C=O) groups is 1. The summed E-state index contributed by atoms with van der Waals surface area (Å²) >= 11 is 5.28. The summed E-state index contributed by atoms with van der Waals surface area (Å²) in [5.41, 5.74) is 0.156. The number of fused-ring (bicyclic) bond motifs is 1. The fourth-order valence-electron chi connectivity index (χ4n) is 3.60. The Balaban J connectivity index is 1.69. The minimum atomic E-state index is -0.233. The lowest BCUT2D eigenvalue weighted by atomic mass is 9.56. The molecule has 3 rings (SSSR count). The maximum absolute atomic E-state index is 12.6. The number of hydrogen-bond donors (Lipinski definition) is 2. The van der Waals surface area contributed by atoms with Gasteiger partial charge in [-0.05, 0) is 37.7 Å². The van der Waals surface area contributed by atoms with Gasteiger partial charge < -0.3 is 15.0 Å². The monoisotopic (exact) mass is 375 g/mol. The van der Waals surface area contributed by atoms with Crippen molar-refractivity contribution >= 4 is 29.0 Å². The van der Waals surface area contributed by atoms with Gasteiger partial charge in [0.2, 0.25) is 5.91 Å². The quantitative estimate of drug-likeness (QED) is 0.788. The van der Waals surface area contributed by atoms with Crippen LogP contribution in [0.5, 0.6) is 0 Å². The molecule has 7 heteroatoms. The van der Waals surface area contributed by atoms with Crippen molar-refractivity contribution < 1.29 is 9.53 Å². The van der Waals surface area contributed by atoms with Crippen LogP contribution in [-0.4, -0.2) is 34.2 Å². The molecule has 1 fully saturated rings. The third-order valence-corrected chi connectivity index (χ3v) is 6.39. The molecular formula is C19H25N3O3S. The number of carbonyl (C=O) groups excluding carboxylic acids is 1. The Morgan fingerprint density at radius 3 is 2.73 bits per heavy atom. The number of rotatable bonds is 5. The molecule has 0 bridgehead atoms. The molecule has 2 atom stereocenters. The smallest absolute Gasteiger partial charge is 0.262 e. The van der Waals surface area contributed by atoms with E-state index in [4.69, 9.17) is 17.0 Å². The lowest BCUT2D eigenvalue weighted by Crippen LogP contribution is -2.68. The van der Waals surface area contributed by atoms with E-state index in [0.717, 1.165) is 6.42 Å². The molecule has 1 aliphatic carbocycles. The van der Waals surface area contributed by atoms with Crippen LogP contribution in [0.4, 0.5) is 0 Å². The Labute approximate surface area is 157 Å². The molecule has 1 saturated carbocycles. The molecule has 0 aliphatic heterocycles. The summed E-state index contributed by atoms with van der Waals surface area (Å²) in [6.45, 7) is 6.49. The molecule has 26 heavy (non-hydrogen) atoms. The van der Waals surface area contributed by atoms with Crippen molar-refractivity contribution in [2.75, 3.05) is 7.11 Å². The number of ether oxygens (including phenoxy) is 1. The van der Waals surface area contributed by atoms with Gasteiger partial charge >= 0.3 is 0 Å². The van der Waals surface area contributed by atoms with E-state index in [1.165, 1.54) is 4.57 Å². The first-order valence-corrected chi connectivity index (χ1v) is 9.17. The van der Waals surface area contributed by atoms with Crippen molar-refractivity contribution in [2.45, 2.75) is 51.8 Å². The van der Waals surface area contributed by atoms with Crippen LogP contribution in [-0.2, 0) is 16.1 Å². The van der Waals surface area contributed by atoms with Gasteiger partial charge in [-0.3, -0.25) is 14.2 Å². The van der Waals surface area contributed by atoms with Gasteiger partial charge in [-0.1, -0.05) is 26.0 Å². The summed E-state index contributed by atoms with van der Waals surface area (Å²) in [5.74, 6) is -0.0873. The number of H-pyrrole nitrogens is 1. The summed E-state index contributed by atoms with van der Waals surface area (Å²) in [7, 11) is 1.70. The third-order valence-electron chi connectivity index (χ3n) is 6.07. The van der Waals surface area contributed by atoms with E-state index >= 15 is 0 Å². The Kier molecular flexibility index (Phi) is 4.79. The van der Waals surface area contributed by atoms with Crippen molar-refractivity contribution in [1.82, 2.24) is 14.9 Å². The number of nitrogens with zero attached hydrogens (tertiary/aromatic N) is 1. The first kappa shape index (κ1) is 18.8. The lowest BCUT2D eigenvalue weighted by molar-refractivity contribution is -0.182. The molecule has 1 heterocycles. The third kappa shape index (κ3) is 2.99. The van der Waals surface area contributed by atoms with E-state index in [0.29, 0.717) is 15.7 Å². The van der Waals surface area contributed by atoms with Gasteiger partial charge in [0.05, 0.1) is 16.5 Å². The summed E-state index contributed by atoms with van der Waals surface area (Å²) in [6, 6.07) is 7.28. The van der Waals surface area contributed by atoms with Crippen molar-refractivity contribution in [3.05, 3.63) is 39.4 Å². The molecule has 0 unspecified atom stereocenters. The van der Waals surface area contributed by atoms with Crippen molar-refractivity contribution in [2.24, 2.45) is 5.41 Å². The van der Waals surface area contributed by atoms with E-state index in [-0.39, 0.29) is 41.5 Å². The molecule has 1 aliphatic rings. The average molecular weight is 375 g/mol. The van der Waals surface area contributed by atoms with Crippen molar-refractivity contribution in [1.29, 1.82) is 0 Å². The van der Waals surface area contributed by atoms with Crippen LogP contribution >= 0.6 is 12.2 Å². The minimum Gasteiger partial charge on any atom is -0.378 e. The minimum absolute atomic E-state index is 0.0582. The summed E-state index contributed by atoms with van der Waals surface area (Å²) in [5, 5.41) is 3.63. The second-order valence-electron chi connectivity index (χ2n) is 7.66. The number of methoxy groups -OCH3 is 1. The van der Waals surface area contributed by atoms with Gasteiger partial charge in [0.1, 0.15) is 0 Å². The Bertz CT molecular complexity index is 962. The Morgan fingerprint density at radius 1 is 1.38 bits per heavy atom. The number of para-hydroxylation sites is 1. The molecule has 6 nitrogen and oxygen atoms in total. The first-order chi connectivity index (χ1) is 12.2. The Morgan fingerprint density at radius 2 is 2.08 bits per heavy atom. The van der Waals surface area contributed by atoms with Gasteiger partial charge in [0.25, 0.3) is 5.56 Å². The van der Waals surface area contributed by atoms with Crippen LogP contribution in [0.1, 0.15) is 33.6 Å². The summed E-state index contributed by atoms with van der Waals surface area (Å²) < 4.78 is 7.37. The van der Waals surface area contributed by atoms with E-state index in [1.54, 1.807) is 13.2 Å². The lowest BCUT2D eigenvalue weighted by Gasteiger charge is -2.59. The fraction of sp³-hybridized carbons (Fsp3) is 0.526. The summed E-state index contributed by atoms with van der Waals surface area (Å²) in [4.78, 5) is 28.0. The second kappa shape index (κ2) is 6.63. The molecule has 1 amide bonds. The van der Waals surface area contributed by atoms with Crippen LogP contribution in [0.15, 0.2) is 29.1 Å². The molecule has 2 N–H and O–H groups in total. The van der Waals surface area contributed by atoms with Gasteiger partial charge in [-0.15, -0.1) is 0 Å². The normalized spacial score (nSPS) is 24.2. The van der Waals surface area contributed by atoms with Crippen molar-refractivity contribution in [3.63, 3.8) is 0 Å². The average Bonchev–Trinajstić information content (AvgIpc) is 2.60. The molecular weight excluding hydrogens is 350 g/mol. The SMILES string of the molecule is CO[C@@]1(C)C[C@H](NC(=O)CCn2c(=S)[nH]c3ccccc3c2=O)C1(C)C. The van der Waals surface area contributed by atoms with Crippen LogP contribution in [0, 0.1) is 10.2 Å². The number of benzene rings is 1. The standard InChI is InChI=1S/C19H25N3O3S/c1-18(2)14(11-19(18,3)25-4)21-15(23)9-10-22-16(24)12-7-5-6-8-13(12)20-17(22)26/h5-8,14H,9-11H2,1-4H3,(H,20,26)(H,21,23)/t14-,19-/m0/s1. The van der Waals surface area contributed by atoms with E-state index in [9.17, 15) is 9.59 Å². The molecule has 0 spiro atoms. The highest BCUT2D eigenvalue weighted by molar-refractivity contribution is 7.71. The maximum Gasteiger partial charge on any atom is 0.262 e. The van der Waals surface area contributed by atoms with E-state index in [1.807, 2.05) is 18.2 Å². The molecule has 2 aromatic rings. The highest BCUT2D eigenvalue weighted by atomic mass is 32.1. The zero-order valence-corrected chi connectivity index (χ0v) is 16.4. The van der Waals surface area contributed by atoms with Crippen LogP contribution < -0.4 is 10.9 Å². The topological polar surface area (TPSA) is 76.1 Å². The van der Waals surface area contributed by atoms with E-state index in [2.05, 4.69) is 31.1 Å². The summed E-state index contributed by atoms with van der Waals surface area (Å²) in [6.07, 6.45) is 0.976. The van der Waals surface area contributed by atoms with Crippen molar-refractivity contribution in [3.8, 4) is 0 Å². The number of hydrogen-bond acceptors (Lipinski definition) is 4. The number of aromatic amines is 1. The molecule has 140 valence electrons. The number of amides is 1. The zero-order chi connectivity index (χ0) is 19.1. The maximum atomic E-state index is 12.6. The molecule has 1 aromatic carbocycles. The molecule has 0 saturated heterocycles. The predicted molar refractivity (Wildman–Crippen MR) is 104 cm³/mol. The van der Waals surface area contributed by atoms with Gasteiger partial charge in [-0.25, -0.2) is 0 Å². The number of nitrogens with one attached hydrogen (secondary N) is 2. The van der Waals surface area contributed by atoms with Gasteiger partial charge in [0, 0.05) is 31.5 Å².